The van der Waals surface area contributed by atoms with Gasteiger partial charge in [-0.05, 0) is 80.5 Å². The quantitative estimate of drug-likeness (QED) is 0.0307. The molecule has 4 aromatic carbocycles. The molecular formula is C46H56N10O9S. The summed E-state index contributed by atoms with van der Waals surface area (Å²) in [6.45, 7) is 1.68. The lowest BCUT2D eigenvalue weighted by molar-refractivity contribution is -0.144. The first-order valence-electron chi connectivity index (χ1n) is 21.5. The Bertz CT molecular complexity index is 2720. The summed E-state index contributed by atoms with van der Waals surface area (Å²) in [4.78, 5) is 78.5. The third kappa shape index (κ3) is 11.7. The van der Waals surface area contributed by atoms with Gasteiger partial charge in [-0.15, -0.1) is 0 Å². The molecule has 20 heteroatoms. The maximum absolute atomic E-state index is 14.3. The number of hydrogen-bond donors (Lipinski definition) is 9. The fraction of sp³-hybridized carbons (Fsp3) is 0.348. The Morgan fingerprint density at radius 3 is 2.24 bits per heavy atom. The van der Waals surface area contributed by atoms with Crippen LogP contribution < -0.4 is 37.0 Å². The minimum atomic E-state index is -4.42. The first kappa shape index (κ1) is 48.3. The number of fused-ring (bicyclic) bond motifs is 2. The zero-order valence-corrected chi connectivity index (χ0v) is 37.7. The number of guanidine groups is 1. The van der Waals surface area contributed by atoms with Crippen LogP contribution >= 0.6 is 0 Å². The Labute approximate surface area is 382 Å². The minimum absolute atomic E-state index is 0.00741. The lowest BCUT2D eigenvalue weighted by Crippen LogP contribution is -2.58. The largest absolute Gasteiger partial charge is 0.508 e. The van der Waals surface area contributed by atoms with E-state index >= 15 is 0 Å². The van der Waals surface area contributed by atoms with Gasteiger partial charge in [0.15, 0.2) is 5.96 Å². The van der Waals surface area contributed by atoms with Gasteiger partial charge in [-0.1, -0.05) is 54.6 Å². The summed E-state index contributed by atoms with van der Waals surface area (Å²) in [5, 5.41) is 29.8. The van der Waals surface area contributed by atoms with E-state index in [1.54, 1.807) is 30.5 Å². The molecule has 5 aromatic rings. The first-order valence-corrected chi connectivity index (χ1v) is 23.0. The number of likely N-dealkylation sites (tertiary alicyclic amines) is 1. The SMILES string of the molecule is C[C@H](NC(=O)[C@H](CCCN=C(N)N)NC(=O)[C@@H](Cc1ccc(O)cc1)NS(=O)(=O)c1cccc2c(N(C)C)cccc12)C(=O)N1CCC[C@H]1C(=O)N[C@@H](Cc1c[nH]c2ccccc12)C(=O)O. The molecule has 1 saturated heterocycles. The van der Waals surface area contributed by atoms with Crippen LogP contribution in [0.2, 0.25) is 0 Å². The number of rotatable bonds is 20. The molecule has 350 valence electrons. The second-order valence-corrected chi connectivity index (χ2v) is 18.1. The number of benzene rings is 4. The number of anilines is 1. The molecule has 1 aliphatic heterocycles. The van der Waals surface area contributed by atoms with E-state index in [0.717, 1.165) is 16.6 Å². The van der Waals surface area contributed by atoms with Crippen LogP contribution in [0.1, 0.15) is 43.7 Å². The highest BCUT2D eigenvalue weighted by atomic mass is 32.2. The third-order valence-corrected chi connectivity index (χ3v) is 13.0. The summed E-state index contributed by atoms with van der Waals surface area (Å²) in [5.74, 6) is -4.38. The maximum atomic E-state index is 14.3. The number of sulfonamides is 1. The lowest BCUT2D eigenvalue weighted by atomic mass is 10.0. The molecule has 11 N–H and O–H groups in total. The van der Waals surface area contributed by atoms with Gasteiger partial charge in [-0.3, -0.25) is 24.2 Å². The summed E-state index contributed by atoms with van der Waals surface area (Å²) >= 11 is 0. The minimum Gasteiger partial charge on any atom is -0.508 e. The number of nitrogens with two attached hydrogens (primary N) is 2. The second-order valence-electron chi connectivity index (χ2n) is 16.5. The van der Waals surface area contributed by atoms with Crippen molar-refractivity contribution in [1.29, 1.82) is 0 Å². The molecule has 2 heterocycles. The van der Waals surface area contributed by atoms with Crippen molar-refractivity contribution in [3.05, 3.63) is 102 Å². The normalized spacial score (nSPS) is 15.6. The summed E-state index contributed by atoms with van der Waals surface area (Å²) in [7, 11) is -0.746. The van der Waals surface area contributed by atoms with Crippen LogP contribution in [0.5, 0.6) is 5.75 Å². The van der Waals surface area contributed by atoms with Crippen LogP contribution in [0.25, 0.3) is 21.7 Å². The number of carbonyl (C=O) groups is 5. The number of carboxylic acid groups (broad SMARTS) is 1. The molecule has 1 aromatic heterocycles. The topological polar surface area (TPSA) is 295 Å². The van der Waals surface area contributed by atoms with Crippen molar-refractivity contribution >= 4 is 72.9 Å². The van der Waals surface area contributed by atoms with E-state index in [1.807, 2.05) is 49.3 Å². The number of aliphatic carboxylic acids is 1. The summed E-state index contributed by atoms with van der Waals surface area (Å²) in [6.07, 6.45) is 2.37. The zero-order chi connectivity index (χ0) is 47.7. The van der Waals surface area contributed by atoms with E-state index < -0.39 is 69.8 Å². The number of carbonyl (C=O) groups excluding carboxylic acids is 4. The van der Waals surface area contributed by atoms with Crippen molar-refractivity contribution in [1.82, 2.24) is 30.6 Å². The molecular weight excluding hydrogens is 869 g/mol. The average Bonchev–Trinajstić information content (AvgIpc) is 3.94. The first-order chi connectivity index (χ1) is 31.4. The van der Waals surface area contributed by atoms with Crippen molar-refractivity contribution < 1.29 is 42.6 Å². The molecule has 19 nitrogen and oxygen atoms in total. The molecule has 0 saturated carbocycles. The number of hydrogen-bond acceptors (Lipinski definition) is 10. The molecule has 4 amide bonds. The maximum Gasteiger partial charge on any atom is 0.326 e. The second kappa shape index (κ2) is 21.2. The van der Waals surface area contributed by atoms with Gasteiger partial charge in [0.2, 0.25) is 33.7 Å². The van der Waals surface area contributed by atoms with E-state index in [-0.39, 0.29) is 61.8 Å². The van der Waals surface area contributed by atoms with E-state index in [9.17, 15) is 42.6 Å². The highest BCUT2D eigenvalue weighted by Gasteiger charge is 2.39. The van der Waals surface area contributed by atoms with Crippen LogP contribution in [0, 0.1) is 0 Å². The van der Waals surface area contributed by atoms with Crippen LogP contribution in [0.4, 0.5) is 5.69 Å². The molecule has 0 radical (unpaired) electrons. The predicted molar refractivity (Wildman–Crippen MR) is 250 cm³/mol. The van der Waals surface area contributed by atoms with Gasteiger partial charge in [0.05, 0.1) is 4.90 Å². The van der Waals surface area contributed by atoms with Gasteiger partial charge in [0, 0.05) is 67.2 Å². The number of amides is 4. The van der Waals surface area contributed by atoms with Gasteiger partial charge < -0.3 is 52.4 Å². The highest BCUT2D eigenvalue weighted by molar-refractivity contribution is 7.89. The van der Waals surface area contributed by atoms with Crippen LogP contribution in [-0.4, -0.2) is 121 Å². The molecule has 0 aliphatic carbocycles. The van der Waals surface area contributed by atoms with Gasteiger partial charge in [-0.25, -0.2) is 13.2 Å². The fourth-order valence-electron chi connectivity index (χ4n) is 8.16. The number of aromatic nitrogens is 1. The Kier molecular flexibility index (Phi) is 15.5. The lowest BCUT2D eigenvalue weighted by Gasteiger charge is -2.29. The number of para-hydroxylation sites is 1. The van der Waals surface area contributed by atoms with E-state index in [4.69, 9.17) is 11.5 Å². The zero-order valence-electron chi connectivity index (χ0n) is 36.9. The fourth-order valence-corrected chi connectivity index (χ4v) is 9.57. The van der Waals surface area contributed by atoms with Gasteiger partial charge >= 0.3 is 5.97 Å². The number of nitrogens with one attached hydrogen (secondary N) is 5. The third-order valence-electron chi connectivity index (χ3n) is 11.5. The monoisotopic (exact) mass is 924 g/mol. The molecule has 0 bridgehead atoms. The smallest absolute Gasteiger partial charge is 0.326 e. The number of nitrogens with zero attached hydrogens (tertiary/aromatic N) is 3. The van der Waals surface area contributed by atoms with Crippen molar-refractivity contribution in [2.75, 3.05) is 32.1 Å². The number of carboxylic acids is 1. The van der Waals surface area contributed by atoms with Crippen molar-refractivity contribution in [3.63, 3.8) is 0 Å². The summed E-state index contributed by atoms with van der Waals surface area (Å²) < 4.78 is 31.0. The van der Waals surface area contributed by atoms with Gasteiger partial charge in [0.1, 0.15) is 36.0 Å². The molecule has 1 fully saturated rings. The Morgan fingerprint density at radius 1 is 0.848 bits per heavy atom. The average molecular weight is 925 g/mol. The van der Waals surface area contributed by atoms with Gasteiger partial charge in [-0.2, -0.15) is 4.72 Å². The number of H-pyrrole nitrogens is 1. The molecule has 5 atom stereocenters. The summed E-state index contributed by atoms with van der Waals surface area (Å²) in [5.41, 5.74) is 13.8. The number of aliphatic imine (C=N–C) groups is 1. The Hall–Kier alpha value is -7.19. The Morgan fingerprint density at radius 2 is 1.53 bits per heavy atom. The van der Waals surface area contributed by atoms with Crippen LogP contribution in [0.15, 0.2) is 101 Å². The number of aromatic amines is 1. The highest BCUT2D eigenvalue weighted by Crippen LogP contribution is 2.30. The molecule has 66 heavy (non-hydrogen) atoms. The van der Waals surface area contributed by atoms with E-state index in [2.05, 4.69) is 30.6 Å². The van der Waals surface area contributed by atoms with Crippen molar-refractivity contribution in [3.8, 4) is 5.75 Å². The van der Waals surface area contributed by atoms with Crippen molar-refractivity contribution in [2.24, 2.45) is 16.5 Å². The van der Waals surface area contributed by atoms with Gasteiger partial charge in [0.25, 0.3) is 0 Å². The van der Waals surface area contributed by atoms with Crippen LogP contribution in [0.3, 0.4) is 0 Å². The molecule has 1 aliphatic rings. The van der Waals surface area contributed by atoms with E-state index in [0.29, 0.717) is 28.3 Å². The number of phenols is 1. The number of phenolic OH excluding ortho intramolecular Hbond substituents is 1. The molecule has 6 rings (SSSR count). The van der Waals surface area contributed by atoms with E-state index in [1.165, 1.54) is 42.2 Å². The predicted octanol–water partition coefficient (Wildman–Crippen LogP) is 1.83. The standard InChI is InChI=1S/C46H56N10O9S/c1-27(44(61)56-23-9-16-39(56)43(60)53-37(45(62)63)25-29-26-50-34-13-5-4-10-31(29)34)51-41(58)35(14-8-22-49-46(47)48)52-42(59)36(24-28-18-20-30(57)21-19-28)54-66(64,65)40-17-7-11-32-33(40)12-6-15-38(32)55(2)3/h4-7,10-13,15,17-21,26-27,35-37,39,50,54,57H,8-9,14,16,22-25H2,1-3H3,(H,51,58)(H,52,59)(H,53,60)(H,62,63)(H4,47,48,49)/t27-,35-,36+,37-,39-/m0/s1. The summed E-state index contributed by atoms with van der Waals surface area (Å²) in [6, 6.07) is 17.0. The number of aromatic hydroxyl groups is 1. The van der Waals surface area contributed by atoms with Crippen molar-refractivity contribution in [2.45, 2.75) is 80.6 Å². The van der Waals surface area contributed by atoms with Crippen LogP contribution in [-0.2, 0) is 46.8 Å². The molecule has 0 unspecified atom stereocenters. The molecule has 0 spiro atoms. The Balaban J connectivity index is 1.19.